The first-order valence-corrected chi connectivity index (χ1v) is 10.8. The Morgan fingerprint density at radius 3 is 2.62 bits per heavy atom. The highest BCUT2D eigenvalue weighted by atomic mass is 19.1. The van der Waals surface area contributed by atoms with Gasteiger partial charge in [0.05, 0.1) is 19.0 Å². The second kappa shape index (κ2) is 9.02. The highest BCUT2D eigenvalue weighted by Gasteiger charge is 2.35. The fourth-order valence-electron chi connectivity index (χ4n) is 4.35. The summed E-state index contributed by atoms with van der Waals surface area (Å²) in [6.07, 6.45) is 2.80. The number of benzene rings is 1. The van der Waals surface area contributed by atoms with Gasteiger partial charge in [-0.2, -0.15) is 0 Å². The van der Waals surface area contributed by atoms with Crippen molar-refractivity contribution in [1.29, 1.82) is 0 Å². The number of halogens is 1. The number of likely N-dealkylation sites (tertiary alicyclic amines) is 1. The van der Waals surface area contributed by atoms with Crippen LogP contribution in [0.5, 0.6) is 0 Å². The number of fused-ring (bicyclic) bond motifs is 1. The fourth-order valence-corrected chi connectivity index (χ4v) is 4.35. The van der Waals surface area contributed by atoms with Crippen LogP contribution in [0.3, 0.4) is 0 Å². The summed E-state index contributed by atoms with van der Waals surface area (Å²) in [6, 6.07) is 5.72. The minimum Gasteiger partial charge on any atom is -0.370 e. The summed E-state index contributed by atoms with van der Waals surface area (Å²) in [5.41, 5.74) is 7.50. The van der Waals surface area contributed by atoms with E-state index in [1.807, 2.05) is 6.92 Å². The first kappa shape index (κ1) is 21.9. The normalized spacial score (nSPS) is 18.1. The first-order valence-electron chi connectivity index (χ1n) is 10.8. The van der Waals surface area contributed by atoms with Crippen molar-refractivity contribution in [2.24, 2.45) is 5.73 Å². The summed E-state index contributed by atoms with van der Waals surface area (Å²) in [6.45, 7) is 2.70. The van der Waals surface area contributed by atoms with Crippen molar-refractivity contribution in [2.75, 3.05) is 11.4 Å². The van der Waals surface area contributed by atoms with Gasteiger partial charge < -0.3 is 10.6 Å². The number of rotatable bonds is 6. The van der Waals surface area contributed by atoms with Gasteiger partial charge in [0.2, 0.25) is 17.7 Å². The molecule has 0 aliphatic carbocycles. The molecule has 32 heavy (non-hydrogen) atoms. The van der Waals surface area contributed by atoms with Crippen molar-refractivity contribution in [3.63, 3.8) is 0 Å². The largest absolute Gasteiger partial charge is 0.370 e. The Morgan fingerprint density at radius 1 is 1.16 bits per heavy atom. The lowest BCUT2D eigenvalue weighted by Crippen LogP contribution is -2.39. The fraction of sp³-hybridized carbons (Fsp3) is 0.435. The maximum Gasteiger partial charge on any atom is 0.233 e. The van der Waals surface area contributed by atoms with Gasteiger partial charge in [-0.15, -0.1) is 0 Å². The first-order chi connectivity index (χ1) is 15.3. The van der Waals surface area contributed by atoms with Crippen LogP contribution in [0.4, 0.5) is 10.2 Å². The summed E-state index contributed by atoms with van der Waals surface area (Å²) >= 11 is 0. The van der Waals surface area contributed by atoms with E-state index in [0.29, 0.717) is 24.6 Å². The Morgan fingerprint density at radius 2 is 1.91 bits per heavy atom. The van der Waals surface area contributed by atoms with Gasteiger partial charge in [-0.05, 0) is 43.9 Å². The van der Waals surface area contributed by atoms with Gasteiger partial charge >= 0.3 is 0 Å². The number of amides is 3. The number of anilines is 1. The molecule has 3 heterocycles. The molecule has 168 valence electrons. The monoisotopic (exact) mass is 439 g/mol. The number of hydrogen-bond donors (Lipinski definition) is 1. The summed E-state index contributed by atoms with van der Waals surface area (Å²) in [7, 11) is 0. The molecule has 8 nitrogen and oxygen atoms in total. The van der Waals surface area contributed by atoms with Gasteiger partial charge in [-0.1, -0.05) is 12.1 Å². The molecule has 2 aromatic rings. The van der Waals surface area contributed by atoms with Gasteiger partial charge in [0, 0.05) is 30.6 Å². The van der Waals surface area contributed by atoms with E-state index in [2.05, 4.69) is 4.98 Å². The second-order valence-electron chi connectivity index (χ2n) is 8.32. The van der Waals surface area contributed by atoms with Gasteiger partial charge in [-0.3, -0.25) is 19.3 Å². The molecule has 1 fully saturated rings. The summed E-state index contributed by atoms with van der Waals surface area (Å²) in [5, 5.41) is 0. The van der Waals surface area contributed by atoms with Crippen LogP contribution in [0.25, 0.3) is 0 Å². The van der Waals surface area contributed by atoms with Crippen molar-refractivity contribution in [2.45, 2.75) is 58.0 Å². The molecular weight excluding hydrogens is 413 g/mol. The average molecular weight is 439 g/mol. The SMILES string of the molecule is Cc1nc(C2CCCCN2C(=O)CCC(N)=O)nc2c1CC(=O)N2Cc1ccc(F)cc1. The zero-order chi connectivity index (χ0) is 22.8. The summed E-state index contributed by atoms with van der Waals surface area (Å²) < 4.78 is 13.3. The van der Waals surface area contributed by atoms with Crippen LogP contribution >= 0.6 is 0 Å². The van der Waals surface area contributed by atoms with E-state index >= 15 is 0 Å². The van der Waals surface area contributed by atoms with E-state index in [9.17, 15) is 18.8 Å². The summed E-state index contributed by atoms with van der Waals surface area (Å²) in [5.74, 6) is -0.0113. The third-order valence-electron chi connectivity index (χ3n) is 6.05. The molecule has 9 heteroatoms. The maximum absolute atomic E-state index is 13.3. The maximum atomic E-state index is 13.3. The highest BCUT2D eigenvalue weighted by Crippen LogP contribution is 2.35. The number of nitrogens with zero attached hydrogens (tertiary/aromatic N) is 4. The molecule has 1 aromatic carbocycles. The number of primary amides is 1. The standard InChI is InChI=1S/C23H26FN5O3/c1-14-17-12-21(32)29(13-15-5-7-16(24)8-6-15)23(17)27-22(26-14)18-4-2-3-11-28(18)20(31)10-9-19(25)30/h5-8,18H,2-4,9-13H2,1H3,(H2,25,30). The molecule has 1 atom stereocenters. The predicted octanol–water partition coefficient (Wildman–Crippen LogP) is 2.33. The average Bonchev–Trinajstić information content (AvgIpc) is 3.09. The Hall–Kier alpha value is -3.36. The molecular formula is C23H26FN5O3. The number of piperidine rings is 1. The minimum absolute atomic E-state index is 0.00603. The molecule has 2 aliphatic rings. The third-order valence-corrected chi connectivity index (χ3v) is 6.05. The number of carbonyl (C=O) groups excluding carboxylic acids is 3. The highest BCUT2D eigenvalue weighted by molar-refractivity contribution is 6.00. The number of aryl methyl sites for hydroxylation is 1. The van der Waals surface area contributed by atoms with E-state index in [1.165, 1.54) is 12.1 Å². The molecule has 0 bridgehead atoms. The van der Waals surface area contributed by atoms with E-state index in [1.54, 1.807) is 21.9 Å². The smallest absolute Gasteiger partial charge is 0.233 e. The van der Waals surface area contributed by atoms with Crippen molar-refractivity contribution in [3.8, 4) is 0 Å². The lowest BCUT2D eigenvalue weighted by atomic mass is 10.00. The molecule has 1 unspecified atom stereocenters. The minimum atomic E-state index is -0.508. The Balaban J connectivity index is 1.63. The molecule has 2 aliphatic heterocycles. The molecule has 3 amide bonds. The van der Waals surface area contributed by atoms with Gasteiger partial charge in [0.1, 0.15) is 11.6 Å². The number of nitrogens with two attached hydrogens (primary N) is 1. The molecule has 4 rings (SSSR count). The van der Waals surface area contributed by atoms with Crippen LogP contribution in [-0.4, -0.2) is 39.1 Å². The van der Waals surface area contributed by atoms with Crippen LogP contribution in [0.15, 0.2) is 24.3 Å². The van der Waals surface area contributed by atoms with Crippen LogP contribution in [0.1, 0.15) is 60.8 Å². The Labute approximate surface area is 185 Å². The molecule has 0 radical (unpaired) electrons. The van der Waals surface area contributed by atoms with E-state index in [-0.39, 0.29) is 49.5 Å². The van der Waals surface area contributed by atoms with Crippen LogP contribution < -0.4 is 10.6 Å². The predicted molar refractivity (Wildman–Crippen MR) is 115 cm³/mol. The molecule has 1 aromatic heterocycles. The lowest BCUT2D eigenvalue weighted by molar-refractivity contribution is -0.136. The number of carbonyl (C=O) groups is 3. The molecule has 1 saturated heterocycles. The number of hydrogen-bond acceptors (Lipinski definition) is 5. The van der Waals surface area contributed by atoms with E-state index in [0.717, 1.165) is 29.7 Å². The lowest BCUT2D eigenvalue weighted by Gasteiger charge is -2.35. The Kier molecular flexibility index (Phi) is 6.16. The van der Waals surface area contributed by atoms with Crippen molar-refractivity contribution >= 4 is 23.5 Å². The van der Waals surface area contributed by atoms with E-state index in [4.69, 9.17) is 10.7 Å². The third kappa shape index (κ3) is 4.46. The van der Waals surface area contributed by atoms with Gasteiger partial charge in [0.15, 0.2) is 5.82 Å². The van der Waals surface area contributed by atoms with Gasteiger partial charge in [-0.25, -0.2) is 14.4 Å². The van der Waals surface area contributed by atoms with Crippen LogP contribution in [0.2, 0.25) is 0 Å². The Bertz CT molecular complexity index is 1060. The quantitative estimate of drug-likeness (QED) is 0.743. The van der Waals surface area contributed by atoms with Gasteiger partial charge in [0.25, 0.3) is 0 Å². The molecule has 2 N–H and O–H groups in total. The van der Waals surface area contributed by atoms with Crippen molar-refractivity contribution in [1.82, 2.24) is 14.9 Å². The zero-order valence-electron chi connectivity index (χ0n) is 18.0. The van der Waals surface area contributed by atoms with Crippen molar-refractivity contribution < 1.29 is 18.8 Å². The zero-order valence-corrected chi connectivity index (χ0v) is 18.0. The molecule has 0 saturated carbocycles. The molecule has 0 spiro atoms. The second-order valence-corrected chi connectivity index (χ2v) is 8.32. The number of aromatic nitrogens is 2. The topological polar surface area (TPSA) is 109 Å². The van der Waals surface area contributed by atoms with Crippen LogP contribution in [-0.2, 0) is 27.3 Å². The summed E-state index contributed by atoms with van der Waals surface area (Å²) in [4.78, 5) is 49.3. The van der Waals surface area contributed by atoms with E-state index < -0.39 is 5.91 Å². The van der Waals surface area contributed by atoms with Crippen molar-refractivity contribution in [3.05, 3.63) is 52.7 Å². The van der Waals surface area contributed by atoms with Crippen LogP contribution in [0, 0.1) is 12.7 Å².